The number of rotatable bonds is 2. The second-order valence-corrected chi connectivity index (χ2v) is 3.60. The van der Waals surface area contributed by atoms with E-state index in [4.69, 9.17) is 9.84 Å². The normalized spacial score (nSPS) is 24.2. The van der Waals surface area contributed by atoms with Crippen LogP contribution in [0.5, 0.6) is 0 Å². The number of carbonyl (C=O) groups is 2. The number of ether oxygens (including phenoxy) is 1. The number of hydrogen-bond acceptors (Lipinski definition) is 3. The largest absolute Gasteiger partial charge is 0.481 e. The lowest BCUT2D eigenvalue weighted by Crippen LogP contribution is -2.24. The summed E-state index contributed by atoms with van der Waals surface area (Å²) in [4.78, 5) is 22.1. The van der Waals surface area contributed by atoms with Gasteiger partial charge in [-0.15, -0.1) is 0 Å². The van der Waals surface area contributed by atoms with Crippen molar-refractivity contribution in [2.24, 2.45) is 5.92 Å². The van der Waals surface area contributed by atoms with Gasteiger partial charge < -0.3 is 9.84 Å². The van der Waals surface area contributed by atoms with Crippen molar-refractivity contribution in [3.8, 4) is 0 Å². The van der Waals surface area contributed by atoms with Crippen LogP contribution in [0.4, 0.5) is 4.39 Å². The summed E-state index contributed by atoms with van der Waals surface area (Å²) in [6.45, 7) is 0.0292. The lowest BCUT2D eigenvalue weighted by atomic mass is 9.89. The minimum Gasteiger partial charge on any atom is -0.481 e. The molecule has 0 aliphatic carbocycles. The summed E-state index contributed by atoms with van der Waals surface area (Å²) in [5.74, 6) is -4.07. The Bertz CT molecular complexity index is 426. The molecule has 1 saturated heterocycles. The van der Waals surface area contributed by atoms with E-state index in [1.54, 1.807) is 0 Å². The lowest BCUT2D eigenvalue weighted by molar-refractivity contribution is -0.152. The Morgan fingerprint density at radius 1 is 1.38 bits per heavy atom. The van der Waals surface area contributed by atoms with Crippen molar-refractivity contribution in [2.75, 3.05) is 6.61 Å². The molecule has 0 saturated carbocycles. The van der Waals surface area contributed by atoms with Gasteiger partial charge in [-0.25, -0.2) is 4.39 Å². The van der Waals surface area contributed by atoms with Gasteiger partial charge in [0, 0.05) is 5.92 Å². The Labute approximate surface area is 90.6 Å². The molecule has 1 aromatic carbocycles. The summed E-state index contributed by atoms with van der Waals surface area (Å²) < 4.78 is 17.4. The highest BCUT2D eigenvalue weighted by Crippen LogP contribution is 2.32. The third-order valence-corrected chi connectivity index (χ3v) is 2.63. The molecule has 2 rings (SSSR count). The van der Waals surface area contributed by atoms with Crippen molar-refractivity contribution >= 4 is 11.9 Å². The van der Waals surface area contributed by atoms with Gasteiger partial charge in [-0.2, -0.15) is 0 Å². The van der Waals surface area contributed by atoms with Crippen LogP contribution in [0.25, 0.3) is 0 Å². The summed E-state index contributed by atoms with van der Waals surface area (Å²) in [6, 6.07) is 5.41. The molecule has 5 heteroatoms. The average Bonchev–Trinajstić information content (AvgIpc) is 2.61. The number of benzene rings is 1. The molecular weight excluding hydrogens is 215 g/mol. The molecule has 0 spiro atoms. The van der Waals surface area contributed by atoms with Gasteiger partial charge in [-0.1, -0.05) is 12.1 Å². The summed E-state index contributed by atoms with van der Waals surface area (Å²) in [5.41, 5.74) is 0.597. The van der Waals surface area contributed by atoms with Crippen molar-refractivity contribution in [1.29, 1.82) is 0 Å². The number of hydrogen-bond donors (Lipinski definition) is 1. The Morgan fingerprint density at radius 3 is 2.56 bits per heavy atom. The average molecular weight is 224 g/mol. The van der Waals surface area contributed by atoms with Crippen LogP contribution in [-0.2, 0) is 14.3 Å². The van der Waals surface area contributed by atoms with E-state index in [2.05, 4.69) is 0 Å². The number of aliphatic carboxylic acids is 1. The van der Waals surface area contributed by atoms with Crippen molar-refractivity contribution in [2.45, 2.75) is 5.92 Å². The van der Waals surface area contributed by atoms with Crippen molar-refractivity contribution in [3.63, 3.8) is 0 Å². The molecule has 1 heterocycles. The van der Waals surface area contributed by atoms with Gasteiger partial charge in [0.15, 0.2) is 5.92 Å². The number of carboxylic acids is 1. The summed E-state index contributed by atoms with van der Waals surface area (Å²) >= 11 is 0. The van der Waals surface area contributed by atoms with Crippen LogP contribution in [0.3, 0.4) is 0 Å². The number of cyclic esters (lactones) is 1. The fourth-order valence-corrected chi connectivity index (χ4v) is 1.79. The third-order valence-electron chi connectivity index (χ3n) is 2.63. The van der Waals surface area contributed by atoms with Gasteiger partial charge in [0.2, 0.25) is 0 Å². The highest BCUT2D eigenvalue weighted by atomic mass is 19.1. The van der Waals surface area contributed by atoms with Crippen LogP contribution in [0.1, 0.15) is 11.5 Å². The molecule has 16 heavy (non-hydrogen) atoms. The van der Waals surface area contributed by atoms with Gasteiger partial charge in [0.1, 0.15) is 5.82 Å². The molecule has 2 unspecified atom stereocenters. The molecular formula is C11H9FO4. The van der Waals surface area contributed by atoms with Gasteiger partial charge in [-0.3, -0.25) is 9.59 Å². The molecule has 1 aliphatic heterocycles. The molecule has 1 fully saturated rings. The topological polar surface area (TPSA) is 63.6 Å². The minimum atomic E-state index is -1.21. The molecule has 0 amide bonds. The molecule has 4 nitrogen and oxygen atoms in total. The minimum absolute atomic E-state index is 0.0292. The van der Waals surface area contributed by atoms with Crippen molar-refractivity contribution < 1.29 is 23.8 Å². The van der Waals surface area contributed by atoms with Gasteiger partial charge in [-0.05, 0) is 17.7 Å². The Kier molecular flexibility index (Phi) is 2.60. The molecule has 1 N–H and O–H groups in total. The van der Waals surface area contributed by atoms with Crippen LogP contribution in [0.2, 0.25) is 0 Å². The predicted octanol–water partition coefficient (Wildman–Crippen LogP) is 1.17. The van der Waals surface area contributed by atoms with E-state index in [9.17, 15) is 14.0 Å². The highest BCUT2D eigenvalue weighted by molar-refractivity contribution is 5.96. The van der Waals surface area contributed by atoms with Crippen LogP contribution < -0.4 is 0 Å². The third kappa shape index (κ3) is 1.76. The molecule has 2 atom stereocenters. The van der Waals surface area contributed by atoms with Gasteiger partial charge in [0.25, 0.3) is 0 Å². The van der Waals surface area contributed by atoms with Crippen molar-refractivity contribution in [3.05, 3.63) is 35.6 Å². The van der Waals surface area contributed by atoms with E-state index in [0.29, 0.717) is 5.56 Å². The lowest BCUT2D eigenvalue weighted by Gasteiger charge is -2.11. The summed E-state index contributed by atoms with van der Waals surface area (Å²) in [6.07, 6.45) is 0. The van der Waals surface area contributed by atoms with Crippen LogP contribution in [0, 0.1) is 11.7 Å². The Hall–Kier alpha value is -1.91. The maximum atomic E-state index is 12.7. The second-order valence-electron chi connectivity index (χ2n) is 3.60. The zero-order chi connectivity index (χ0) is 11.7. The fraction of sp³-hybridized carbons (Fsp3) is 0.273. The fourth-order valence-electron chi connectivity index (χ4n) is 1.79. The van der Waals surface area contributed by atoms with E-state index in [0.717, 1.165) is 0 Å². The van der Waals surface area contributed by atoms with Crippen LogP contribution in [0.15, 0.2) is 24.3 Å². The first kappa shape index (κ1) is 10.6. The first-order valence-electron chi connectivity index (χ1n) is 4.74. The number of carboxylic acid groups (broad SMARTS) is 1. The van der Waals surface area contributed by atoms with E-state index in [1.165, 1.54) is 24.3 Å². The van der Waals surface area contributed by atoms with E-state index in [1.807, 2.05) is 0 Å². The predicted molar refractivity (Wildman–Crippen MR) is 51.2 cm³/mol. The standard InChI is InChI=1S/C11H9FO4/c12-7-3-1-6(2-4-7)8-5-16-11(15)9(8)10(13)14/h1-4,8-9H,5H2,(H,13,14). The zero-order valence-electron chi connectivity index (χ0n) is 8.22. The number of esters is 1. The quantitative estimate of drug-likeness (QED) is 0.605. The molecule has 1 aliphatic rings. The molecule has 0 aromatic heterocycles. The monoisotopic (exact) mass is 224 g/mol. The zero-order valence-corrected chi connectivity index (χ0v) is 8.22. The Balaban J connectivity index is 2.30. The SMILES string of the molecule is O=C(O)C1C(=O)OCC1c1ccc(F)cc1. The second kappa shape index (κ2) is 3.92. The molecule has 1 aromatic rings. The Morgan fingerprint density at radius 2 is 2.00 bits per heavy atom. The maximum Gasteiger partial charge on any atom is 0.321 e. The van der Waals surface area contributed by atoms with E-state index in [-0.39, 0.29) is 6.61 Å². The van der Waals surface area contributed by atoms with Crippen LogP contribution >= 0.6 is 0 Å². The van der Waals surface area contributed by atoms with Crippen molar-refractivity contribution in [1.82, 2.24) is 0 Å². The smallest absolute Gasteiger partial charge is 0.321 e. The van der Waals surface area contributed by atoms with E-state index < -0.39 is 29.6 Å². The number of halogens is 1. The first-order chi connectivity index (χ1) is 7.59. The molecule has 0 radical (unpaired) electrons. The van der Waals surface area contributed by atoms with Gasteiger partial charge >= 0.3 is 11.9 Å². The maximum absolute atomic E-state index is 12.7. The highest BCUT2D eigenvalue weighted by Gasteiger charge is 2.43. The molecule has 0 bridgehead atoms. The number of carbonyl (C=O) groups excluding carboxylic acids is 1. The van der Waals surface area contributed by atoms with E-state index >= 15 is 0 Å². The van der Waals surface area contributed by atoms with Gasteiger partial charge in [0.05, 0.1) is 6.61 Å². The summed E-state index contributed by atoms with van der Waals surface area (Å²) in [5, 5.41) is 8.90. The van der Waals surface area contributed by atoms with Crippen LogP contribution in [-0.4, -0.2) is 23.7 Å². The summed E-state index contributed by atoms with van der Waals surface area (Å²) in [7, 11) is 0. The first-order valence-corrected chi connectivity index (χ1v) is 4.74. The molecule has 84 valence electrons.